The zero-order chi connectivity index (χ0) is 9.56. The van der Waals surface area contributed by atoms with E-state index in [2.05, 4.69) is 10.1 Å². The molecule has 4 nitrogen and oxygen atoms in total. The van der Waals surface area contributed by atoms with E-state index in [0.717, 1.165) is 0 Å². The average molecular weight is 175 g/mol. The monoisotopic (exact) mass is 175 g/mol. The maximum Gasteiger partial charge on any atom is 0.322 e. The van der Waals surface area contributed by atoms with E-state index in [-0.39, 0.29) is 12.0 Å². The van der Waals surface area contributed by atoms with Crippen molar-refractivity contribution < 1.29 is 14.6 Å². The van der Waals surface area contributed by atoms with Gasteiger partial charge in [-0.05, 0) is 13.3 Å². The summed E-state index contributed by atoms with van der Waals surface area (Å²) in [6.07, 6.45) is 0.290. The zero-order valence-electron chi connectivity index (χ0n) is 7.83. The third kappa shape index (κ3) is 4.31. The SMILES string of the molecule is CCC(O)CNC(C)C(=O)OC. The molecule has 0 aliphatic heterocycles. The first kappa shape index (κ1) is 11.4. The van der Waals surface area contributed by atoms with Gasteiger partial charge in [-0.3, -0.25) is 4.79 Å². The van der Waals surface area contributed by atoms with Gasteiger partial charge >= 0.3 is 5.97 Å². The molecule has 2 atom stereocenters. The molecule has 0 aromatic heterocycles. The number of carbonyl (C=O) groups excluding carboxylic acids is 1. The lowest BCUT2D eigenvalue weighted by molar-refractivity contribution is -0.142. The lowest BCUT2D eigenvalue weighted by atomic mass is 10.2. The molecule has 0 spiro atoms. The first-order chi connectivity index (χ1) is 5.61. The largest absolute Gasteiger partial charge is 0.468 e. The fourth-order valence-corrected chi connectivity index (χ4v) is 0.717. The van der Waals surface area contributed by atoms with E-state index in [1.165, 1.54) is 7.11 Å². The Kier molecular flexibility index (Phi) is 5.66. The van der Waals surface area contributed by atoms with Crippen molar-refractivity contribution in [3.63, 3.8) is 0 Å². The molecule has 72 valence electrons. The van der Waals surface area contributed by atoms with Crippen molar-refractivity contribution in [3.05, 3.63) is 0 Å². The predicted octanol–water partition coefficient (Wildman–Crippen LogP) is -0.0916. The van der Waals surface area contributed by atoms with Gasteiger partial charge in [0.15, 0.2) is 0 Å². The standard InChI is InChI=1S/C8H17NO3/c1-4-7(10)5-9-6(2)8(11)12-3/h6-7,9-10H,4-5H2,1-3H3. The van der Waals surface area contributed by atoms with Crippen LogP contribution < -0.4 is 5.32 Å². The molecule has 0 rings (SSSR count). The van der Waals surface area contributed by atoms with Crippen LogP contribution in [-0.4, -0.2) is 36.9 Å². The minimum Gasteiger partial charge on any atom is -0.468 e. The number of aliphatic hydroxyl groups is 1. The maximum atomic E-state index is 10.8. The van der Waals surface area contributed by atoms with Crippen LogP contribution in [0.15, 0.2) is 0 Å². The Balaban J connectivity index is 3.56. The number of ether oxygens (including phenoxy) is 1. The number of esters is 1. The fraction of sp³-hybridized carbons (Fsp3) is 0.875. The van der Waals surface area contributed by atoms with Crippen LogP contribution >= 0.6 is 0 Å². The van der Waals surface area contributed by atoms with Crippen molar-refractivity contribution in [1.82, 2.24) is 5.32 Å². The molecule has 0 aromatic rings. The molecule has 4 heteroatoms. The Morgan fingerprint density at radius 2 is 2.25 bits per heavy atom. The van der Waals surface area contributed by atoms with Crippen molar-refractivity contribution in [3.8, 4) is 0 Å². The number of nitrogens with one attached hydrogen (secondary N) is 1. The van der Waals surface area contributed by atoms with Crippen LogP contribution in [-0.2, 0) is 9.53 Å². The predicted molar refractivity (Wildman–Crippen MR) is 45.8 cm³/mol. The number of rotatable bonds is 5. The molecule has 0 aliphatic rings. The summed E-state index contributed by atoms with van der Waals surface area (Å²) in [4.78, 5) is 10.8. The molecular weight excluding hydrogens is 158 g/mol. The third-order valence-corrected chi connectivity index (χ3v) is 1.69. The van der Waals surface area contributed by atoms with Gasteiger partial charge in [-0.15, -0.1) is 0 Å². The van der Waals surface area contributed by atoms with Crippen LogP contribution in [0.25, 0.3) is 0 Å². The van der Waals surface area contributed by atoms with Gasteiger partial charge in [0.05, 0.1) is 13.2 Å². The highest BCUT2D eigenvalue weighted by Gasteiger charge is 2.12. The molecule has 0 aromatic carbocycles. The lowest BCUT2D eigenvalue weighted by Crippen LogP contribution is -2.39. The second kappa shape index (κ2) is 5.97. The smallest absolute Gasteiger partial charge is 0.322 e. The Morgan fingerprint density at radius 3 is 2.67 bits per heavy atom. The first-order valence-corrected chi connectivity index (χ1v) is 4.11. The Morgan fingerprint density at radius 1 is 1.67 bits per heavy atom. The summed E-state index contributed by atoms with van der Waals surface area (Å²) >= 11 is 0. The molecule has 12 heavy (non-hydrogen) atoms. The molecule has 0 saturated heterocycles. The van der Waals surface area contributed by atoms with Gasteiger partial charge in [-0.25, -0.2) is 0 Å². The first-order valence-electron chi connectivity index (χ1n) is 4.11. The topological polar surface area (TPSA) is 58.6 Å². The molecule has 0 radical (unpaired) electrons. The number of hydrogen-bond acceptors (Lipinski definition) is 4. The molecule has 2 unspecified atom stereocenters. The van der Waals surface area contributed by atoms with E-state index < -0.39 is 6.10 Å². The number of aliphatic hydroxyl groups excluding tert-OH is 1. The normalized spacial score (nSPS) is 15.3. The van der Waals surface area contributed by atoms with Gasteiger partial charge in [-0.1, -0.05) is 6.92 Å². The van der Waals surface area contributed by atoms with Crippen LogP contribution in [0.1, 0.15) is 20.3 Å². The van der Waals surface area contributed by atoms with E-state index in [1.807, 2.05) is 6.92 Å². The maximum absolute atomic E-state index is 10.8. The Labute approximate surface area is 72.9 Å². The average Bonchev–Trinajstić information content (AvgIpc) is 2.11. The van der Waals surface area contributed by atoms with Gasteiger partial charge in [0, 0.05) is 6.54 Å². The highest BCUT2D eigenvalue weighted by Crippen LogP contribution is 1.90. The van der Waals surface area contributed by atoms with Crippen LogP contribution in [0.4, 0.5) is 0 Å². The van der Waals surface area contributed by atoms with Crippen LogP contribution in [0, 0.1) is 0 Å². The summed E-state index contributed by atoms with van der Waals surface area (Å²) < 4.78 is 4.49. The second-order valence-electron chi connectivity index (χ2n) is 2.72. The van der Waals surface area contributed by atoms with Gasteiger partial charge < -0.3 is 15.2 Å². The summed E-state index contributed by atoms with van der Waals surface area (Å²) in [5, 5.41) is 12.0. The molecule has 0 bridgehead atoms. The van der Waals surface area contributed by atoms with E-state index in [4.69, 9.17) is 5.11 Å². The molecule has 0 fully saturated rings. The molecule has 2 N–H and O–H groups in total. The Hall–Kier alpha value is -0.610. The van der Waals surface area contributed by atoms with Gasteiger partial charge in [0.1, 0.15) is 6.04 Å². The second-order valence-corrected chi connectivity index (χ2v) is 2.72. The zero-order valence-corrected chi connectivity index (χ0v) is 7.83. The molecular formula is C8H17NO3. The number of methoxy groups -OCH3 is 1. The van der Waals surface area contributed by atoms with Crippen LogP contribution in [0.2, 0.25) is 0 Å². The van der Waals surface area contributed by atoms with E-state index in [0.29, 0.717) is 13.0 Å². The Bertz CT molecular complexity index is 138. The summed E-state index contributed by atoms with van der Waals surface area (Å²) in [6, 6.07) is -0.351. The van der Waals surface area contributed by atoms with Crippen molar-refractivity contribution in [1.29, 1.82) is 0 Å². The minimum absolute atomic E-state index is 0.307. The number of hydrogen-bond donors (Lipinski definition) is 2. The minimum atomic E-state index is -0.392. The highest BCUT2D eigenvalue weighted by atomic mass is 16.5. The van der Waals surface area contributed by atoms with Crippen molar-refractivity contribution >= 4 is 5.97 Å². The van der Waals surface area contributed by atoms with Crippen LogP contribution in [0.5, 0.6) is 0 Å². The van der Waals surface area contributed by atoms with Gasteiger partial charge in [0.2, 0.25) is 0 Å². The molecule has 0 heterocycles. The van der Waals surface area contributed by atoms with Crippen molar-refractivity contribution in [2.75, 3.05) is 13.7 Å². The van der Waals surface area contributed by atoms with Gasteiger partial charge in [-0.2, -0.15) is 0 Å². The van der Waals surface area contributed by atoms with Crippen LogP contribution in [0.3, 0.4) is 0 Å². The van der Waals surface area contributed by atoms with E-state index >= 15 is 0 Å². The fourth-order valence-electron chi connectivity index (χ4n) is 0.717. The summed E-state index contributed by atoms with van der Waals surface area (Å²) in [7, 11) is 1.34. The number of carbonyl (C=O) groups is 1. The molecule has 0 aliphatic carbocycles. The van der Waals surface area contributed by atoms with E-state index in [9.17, 15) is 4.79 Å². The lowest BCUT2D eigenvalue weighted by Gasteiger charge is -2.13. The third-order valence-electron chi connectivity index (χ3n) is 1.69. The summed E-state index contributed by atoms with van der Waals surface area (Å²) in [6.45, 7) is 4.01. The van der Waals surface area contributed by atoms with Crippen molar-refractivity contribution in [2.45, 2.75) is 32.4 Å². The van der Waals surface area contributed by atoms with E-state index in [1.54, 1.807) is 6.92 Å². The quantitative estimate of drug-likeness (QED) is 0.573. The molecule has 0 amide bonds. The summed E-state index contributed by atoms with van der Waals surface area (Å²) in [5.74, 6) is -0.307. The highest BCUT2D eigenvalue weighted by molar-refractivity contribution is 5.75. The molecule has 0 saturated carbocycles. The van der Waals surface area contributed by atoms with Gasteiger partial charge in [0.25, 0.3) is 0 Å². The summed E-state index contributed by atoms with van der Waals surface area (Å²) in [5.41, 5.74) is 0. The van der Waals surface area contributed by atoms with Crippen molar-refractivity contribution in [2.24, 2.45) is 0 Å².